The number of nitrogens with two attached hydrogens (primary N) is 1. The lowest BCUT2D eigenvalue weighted by atomic mass is 10.1. The molecule has 4 nitrogen and oxygen atoms in total. The van der Waals surface area contributed by atoms with Gasteiger partial charge in [-0.1, -0.05) is 12.1 Å². The molecule has 0 radical (unpaired) electrons. The van der Waals surface area contributed by atoms with E-state index in [1.165, 1.54) is 11.3 Å². The summed E-state index contributed by atoms with van der Waals surface area (Å²) in [6.07, 6.45) is 3.44. The van der Waals surface area contributed by atoms with Crippen molar-refractivity contribution in [2.45, 2.75) is 12.8 Å². The first-order valence-electron chi connectivity index (χ1n) is 5.61. The predicted molar refractivity (Wildman–Crippen MR) is 69.1 cm³/mol. The summed E-state index contributed by atoms with van der Waals surface area (Å²) in [7, 11) is 4.07. The van der Waals surface area contributed by atoms with Gasteiger partial charge in [0.2, 0.25) is 0 Å². The Labute approximate surface area is 101 Å². The summed E-state index contributed by atoms with van der Waals surface area (Å²) in [6, 6.07) is 8.74. The number of nitrogens with zero attached hydrogens (tertiary/aromatic N) is 2. The van der Waals surface area contributed by atoms with Crippen molar-refractivity contribution in [2.24, 2.45) is 0 Å². The first kappa shape index (κ1) is 11.5. The highest BCUT2D eigenvalue weighted by Crippen LogP contribution is 2.14. The molecule has 1 aromatic carbocycles. The third kappa shape index (κ3) is 3.00. The van der Waals surface area contributed by atoms with Gasteiger partial charge in [0, 0.05) is 26.2 Å². The standard InChI is InChI=1S/C13H17N3O/c1-16(2)11-6-3-10(4-7-11)5-8-12-9-15-13(14)17-12/h3-4,6-7,9H,5,8H2,1-2H3,(H2,14,15). The van der Waals surface area contributed by atoms with Crippen molar-refractivity contribution in [1.29, 1.82) is 0 Å². The molecule has 0 unspecified atom stereocenters. The second-order valence-electron chi connectivity index (χ2n) is 4.23. The molecule has 0 saturated carbocycles. The second kappa shape index (κ2) is 4.91. The van der Waals surface area contributed by atoms with E-state index in [1.807, 2.05) is 14.1 Å². The number of oxazole rings is 1. The van der Waals surface area contributed by atoms with Gasteiger partial charge in [0.1, 0.15) is 5.76 Å². The second-order valence-corrected chi connectivity index (χ2v) is 4.23. The number of anilines is 2. The first-order chi connectivity index (χ1) is 8.15. The SMILES string of the molecule is CN(C)c1ccc(CCc2cnc(N)o2)cc1. The Morgan fingerprint density at radius 3 is 2.41 bits per heavy atom. The largest absolute Gasteiger partial charge is 0.429 e. The third-order valence-electron chi connectivity index (χ3n) is 2.68. The third-order valence-corrected chi connectivity index (χ3v) is 2.68. The Bertz CT molecular complexity index is 474. The van der Waals surface area contributed by atoms with E-state index in [0.29, 0.717) is 0 Å². The van der Waals surface area contributed by atoms with Crippen LogP contribution in [0.2, 0.25) is 0 Å². The number of nitrogen functional groups attached to an aromatic ring is 1. The number of hydrogen-bond acceptors (Lipinski definition) is 4. The normalized spacial score (nSPS) is 10.5. The monoisotopic (exact) mass is 231 g/mol. The van der Waals surface area contributed by atoms with Crippen molar-refractivity contribution in [3.8, 4) is 0 Å². The van der Waals surface area contributed by atoms with Crippen molar-refractivity contribution in [3.63, 3.8) is 0 Å². The van der Waals surface area contributed by atoms with Gasteiger partial charge in [-0.3, -0.25) is 0 Å². The maximum atomic E-state index is 5.42. The Hall–Kier alpha value is -1.97. The van der Waals surface area contributed by atoms with Crippen molar-refractivity contribution in [2.75, 3.05) is 24.7 Å². The van der Waals surface area contributed by atoms with Crippen LogP contribution < -0.4 is 10.6 Å². The van der Waals surface area contributed by atoms with Crippen molar-refractivity contribution < 1.29 is 4.42 Å². The molecule has 0 fully saturated rings. The summed E-state index contributed by atoms with van der Waals surface area (Å²) in [5.74, 6) is 0.833. The van der Waals surface area contributed by atoms with Gasteiger partial charge < -0.3 is 15.1 Å². The number of benzene rings is 1. The molecular weight excluding hydrogens is 214 g/mol. The molecule has 0 amide bonds. The van der Waals surface area contributed by atoms with Crippen LogP contribution in [0.5, 0.6) is 0 Å². The summed E-state index contributed by atoms with van der Waals surface area (Å²) in [6.45, 7) is 0. The molecule has 1 heterocycles. The molecule has 1 aromatic heterocycles. The average molecular weight is 231 g/mol. The molecule has 0 aliphatic carbocycles. The van der Waals surface area contributed by atoms with Crippen molar-refractivity contribution in [3.05, 3.63) is 41.8 Å². The molecule has 2 N–H and O–H groups in total. The Kier molecular flexibility index (Phi) is 3.32. The molecule has 0 aliphatic heterocycles. The highest BCUT2D eigenvalue weighted by molar-refractivity contribution is 5.46. The quantitative estimate of drug-likeness (QED) is 0.875. The lowest BCUT2D eigenvalue weighted by Crippen LogP contribution is -2.08. The van der Waals surface area contributed by atoms with E-state index >= 15 is 0 Å². The fourth-order valence-corrected chi connectivity index (χ4v) is 1.67. The van der Waals surface area contributed by atoms with Gasteiger partial charge in [-0.2, -0.15) is 0 Å². The molecule has 0 aliphatic rings. The van der Waals surface area contributed by atoms with Gasteiger partial charge in [0.15, 0.2) is 0 Å². The molecule has 90 valence electrons. The Morgan fingerprint density at radius 1 is 1.18 bits per heavy atom. The summed E-state index contributed by atoms with van der Waals surface area (Å²) in [5.41, 5.74) is 7.91. The molecule has 2 aromatic rings. The zero-order valence-electron chi connectivity index (χ0n) is 10.2. The van der Waals surface area contributed by atoms with Crippen LogP contribution in [0.4, 0.5) is 11.7 Å². The minimum Gasteiger partial charge on any atom is -0.429 e. The maximum absolute atomic E-state index is 5.42. The molecule has 2 rings (SSSR count). The molecule has 0 saturated heterocycles. The molecule has 0 atom stereocenters. The van der Waals surface area contributed by atoms with Gasteiger partial charge in [0.25, 0.3) is 6.01 Å². The van der Waals surface area contributed by atoms with E-state index in [2.05, 4.69) is 34.1 Å². The lowest BCUT2D eigenvalue weighted by molar-refractivity contribution is 0.522. The highest BCUT2D eigenvalue weighted by Gasteiger charge is 2.02. The van der Waals surface area contributed by atoms with Crippen LogP contribution in [-0.2, 0) is 12.8 Å². The molecule has 0 spiro atoms. The van der Waals surface area contributed by atoms with E-state index in [0.717, 1.165) is 18.6 Å². The lowest BCUT2D eigenvalue weighted by Gasteiger charge is -2.12. The van der Waals surface area contributed by atoms with Crippen LogP contribution in [0.25, 0.3) is 0 Å². The highest BCUT2D eigenvalue weighted by atomic mass is 16.4. The van der Waals surface area contributed by atoms with Gasteiger partial charge >= 0.3 is 0 Å². The smallest absolute Gasteiger partial charge is 0.292 e. The van der Waals surface area contributed by atoms with Crippen molar-refractivity contribution in [1.82, 2.24) is 4.98 Å². The summed E-state index contributed by atoms with van der Waals surface area (Å²) in [5, 5.41) is 0. The minimum absolute atomic E-state index is 0.239. The fraction of sp³-hybridized carbons (Fsp3) is 0.308. The fourth-order valence-electron chi connectivity index (χ4n) is 1.67. The molecule has 4 heteroatoms. The summed E-state index contributed by atoms with van der Waals surface area (Å²) < 4.78 is 5.23. The van der Waals surface area contributed by atoms with Crippen LogP contribution in [0.15, 0.2) is 34.9 Å². The van der Waals surface area contributed by atoms with Gasteiger partial charge in [0.05, 0.1) is 6.20 Å². The zero-order valence-corrected chi connectivity index (χ0v) is 10.2. The van der Waals surface area contributed by atoms with Crippen LogP contribution in [0, 0.1) is 0 Å². The minimum atomic E-state index is 0.239. The Morgan fingerprint density at radius 2 is 1.88 bits per heavy atom. The van der Waals surface area contributed by atoms with E-state index in [9.17, 15) is 0 Å². The number of aryl methyl sites for hydroxylation is 2. The van der Waals surface area contributed by atoms with Gasteiger partial charge in [-0.05, 0) is 24.1 Å². The van der Waals surface area contributed by atoms with E-state index in [1.54, 1.807) is 6.20 Å². The summed E-state index contributed by atoms with van der Waals surface area (Å²) >= 11 is 0. The van der Waals surface area contributed by atoms with Crippen LogP contribution in [-0.4, -0.2) is 19.1 Å². The molecule has 17 heavy (non-hydrogen) atoms. The maximum Gasteiger partial charge on any atom is 0.292 e. The predicted octanol–water partition coefficient (Wildman–Crippen LogP) is 2.11. The van der Waals surface area contributed by atoms with Crippen LogP contribution in [0.3, 0.4) is 0 Å². The molecular formula is C13H17N3O. The average Bonchev–Trinajstić information content (AvgIpc) is 2.73. The van der Waals surface area contributed by atoms with Gasteiger partial charge in [-0.15, -0.1) is 0 Å². The zero-order chi connectivity index (χ0) is 12.3. The number of hydrogen-bond donors (Lipinski definition) is 1. The number of rotatable bonds is 4. The van der Waals surface area contributed by atoms with Crippen LogP contribution in [0.1, 0.15) is 11.3 Å². The van der Waals surface area contributed by atoms with Gasteiger partial charge in [-0.25, -0.2) is 4.98 Å². The van der Waals surface area contributed by atoms with Crippen LogP contribution >= 0.6 is 0 Å². The molecule has 0 bridgehead atoms. The van der Waals surface area contributed by atoms with E-state index < -0.39 is 0 Å². The van der Waals surface area contributed by atoms with E-state index in [4.69, 9.17) is 10.2 Å². The summed E-state index contributed by atoms with van der Waals surface area (Å²) in [4.78, 5) is 5.95. The topological polar surface area (TPSA) is 55.3 Å². The van der Waals surface area contributed by atoms with E-state index in [-0.39, 0.29) is 6.01 Å². The number of aromatic nitrogens is 1. The Balaban J connectivity index is 1.95. The first-order valence-corrected chi connectivity index (χ1v) is 5.61. The van der Waals surface area contributed by atoms with Crippen molar-refractivity contribution >= 4 is 11.7 Å².